The van der Waals surface area contributed by atoms with Gasteiger partial charge in [0.15, 0.2) is 0 Å². The fourth-order valence-corrected chi connectivity index (χ4v) is 2.11. The molecule has 0 spiro atoms. The van der Waals surface area contributed by atoms with Crippen LogP contribution in [0.4, 0.5) is 0 Å². The van der Waals surface area contributed by atoms with Crippen molar-refractivity contribution in [2.75, 3.05) is 12.3 Å². The van der Waals surface area contributed by atoms with Crippen molar-refractivity contribution in [1.82, 2.24) is 0 Å². The van der Waals surface area contributed by atoms with Crippen molar-refractivity contribution in [3.8, 4) is 0 Å². The standard InChI is InChI=1S/C13H27.C2H7NO3S.Na/c1-3-5-7-9-11-13-12-10-8-6-4-2;3-1-2-7(4,5)6;/h1,3-13H2,2H3;1-3H2,(H,4,5,6);/q-1;;+1. The normalized spacial score (nSPS) is 10.5. The van der Waals surface area contributed by atoms with Gasteiger partial charge in [0, 0.05) is 6.54 Å². The van der Waals surface area contributed by atoms with Crippen molar-refractivity contribution >= 4 is 10.1 Å². The zero-order valence-corrected chi connectivity index (χ0v) is 17.0. The molecule has 0 aliphatic heterocycles. The molecule has 0 amide bonds. The van der Waals surface area contributed by atoms with E-state index in [0.29, 0.717) is 0 Å². The van der Waals surface area contributed by atoms with E-state index in [1.165, 1.54) is 64.2 Å². The molecule has 6 heteroatoms. The maximum atomic E-state index is 9.71. The Morgan fingerprint density at radius 1 is 0.905 bits per heavy atom. The first-order valence-electron chi connectivity index (χ1n) is 7.92. The maximum Gasteiger partial charge on any atom is 1.00 e. The van der Waals surface area contributed by atoms with Gasteiger partial charge in [-0.05, 0) is 0 Å². The van der Waals surface area contributed by atoms with Crippen LogP contribution in [-0.2, 0) is 10.1 Å². The number of hydrogen-bond acceptors (Lipinski definition) is 3. The third-order valence-corrected chi connectivity index (χ3v) is 3.73. The van der Waals surface area contributed by atoms with E-state index in [2.05, 4.69) is 13.8 Å². The molecular weight excluding hydrogens is 297 g/mol. The van der Waals surface area contributed by atoms with Crippen LogP contribution in [0.3, 0.4) is 0 Å². The summed E-state index contributed by atoms with van der Waals surface area (Å²) in [6.07, 6.45) is 15.4. The minimum atomic E-state index is -3.80. The Kier molecular flexibility index (Phi) is 26.6. The molecule has 0 saturated heterocycles. The zero-order chi connectivity index (χ0) is 15.7. The van der Waals surface area contributed by atoms with E-state index >= 15 is 0 Å². The first kappa shape index (κ1) is 26.8. The Bertz CT molecular complexity index is 262. The first-order chi connectivity index (χ1) is 9.47. The molecular formula is C15H34NNaO3S. The van der Waals surface area contributed by atoms with Gasteiger partial charge in [0.25, 0.3) is 10.1 Å². The summed E-state index contributed by atoms with van der Waals surface area (Å²) in [6, 6.07) is 0. The van der Waals surface area contributed by atoms with Crippen molar-refractivity contribution in [3.63, 3.8) is 0 Å². The van der Waals surface area contributed by atoms with Gasteiger partial charge in [0.2, 0.25) is 0 Å². The molecule has 0 aromatic rings. The van der Waals surface area contributed by atoms with Gasteiger partial charge in [0.1, 0.15) is 0 Å². The Labute approximate surface area is 154 Å². The van der Waals surface area contributed by atoms with Gasteiger partial charge in [-0.25, -0.2) is 0 Å². The van der Waals surface area contributed by atoms with Crippen LogP contribution in [0.15, 0.2) is 0 Å². The van der Waals surface area contributed by atoms with Gasteiger partial charge in [-0.15, -0.1) is 0 Å². The predicted octanol–water partition coefficient (Wildman–Crippen LogP) is 0.968. The quantitative estimate of drug-likeness (QED) is 0.242. The second-order valence-corrected chi connectivity index (χ2v) is 6.68. The Morgan fingerprint density at radius 2 is 1.29 bits per heavy atom. The van der Waals surface area contributed by atoms with Crippen LogP contribution < -0.4 is 35.3 Å². The summed E-state index contributed by atoms with van der Waals surface area (Å²) < 4.78 is 27.3. The molecule has 21 heavy (non-hydrogen) atoms. The second-order valence-electron chi connectivity index (χ2n) is 5.11. The molecule has 3 N–H and O–H groups in total. The minimum absolute atomic E-state index is 0. The Morgan fingerprint density at radius 3 is 1.52 bits per heavy atom. The van der Waals surface area contributed by atoms with Gasteiger partial charge >= 0.3 is 29.6 Å². The Balaban J connectivity index is -0.000000347. The van der Waals surface area contributed by atoms with Crippen LogP contribution in [-0.4, -0.2) is 25.3 Å². The molecule has 0 rings (SSSR count). The van der Waals surface area contributed by atoms with Gasteiger partial charge in [-0.1, -0.05) is 71.1 Å². The summed E-state index contributed by atoms with van der Waals surface area (Å²) in [7, 11) is -3.80. The molecule has 0 aliphatic rings. The van der Waals surface area contributed by atoms with Crippen LogP contribution in [0.5, 0.6) is 0 Å². The first-order valence-corrected chi connectivity index (χ1v) is 9.53. The average Bonchev–Trinajstić information content (AvgIpc) is 2.36. The van der Waals surface area contributed by atoms with Crippen molar-refractivity contribution in [2.45, 2.75) is 77.6 Å². The zero-order valence-electron chi connectivity index (χ0n) is 14.1. The van der Waals surface area contributed by atoms with Gasteiger partial charge in [0.05, 0.1) is 5.75 Å². The van der Waals surface area contributed by atoms with Gasteiger partial charge in [-0.3, -0.25) is 4.55 Å². The molecule has 124 valence electrons. The summed E-state index contributed by atoms with van der Waals surface area (Å²) in [5.74, 6) is -0.354. The van der Waals surface area contributed by atoms with Crippen molar-refractivity contribution in [1.29, 1.82) is 0 Å². The van der Waals surface area contributed by atoms with E-state index < -0.39 is 10.1 Å². The van der Waals surface area contributed by atoms with E-state index in [1.807, 2.05) is 0 Å². The van der Waals surface area contributed by atoms with E-state index in [0.717, 1.165) is 6.42 Å². The summed E-state index contributed by atoms with van der Waals surface area (Å²) in [5.41, 5.74) is 4.78. The maximum absolute atomic E-state index is 9.71. The van der Waals surface area contributed by atoms with E-state index in [4.69, 9.17) is 10.3 Å². The average molecular weight is 331 g/mol. The summed E-state index contributed by atoms with van der Waals surface area (Å²) in [5, 5.41) is 0. The molecule has 0 saturated carbocycles. The summed E-state index contributed by atoms with van der Waals surface area (Å²) >= 11 is 0. The smallest absolute Gasteiger partial charge is 0.343 e. The number of nitrogens with two attached hydrogens (primary N) is 1. The fourth-order valence-electron chi connectivity index (χ4n) is 1.81. The fraction of sp³-hybridized carbons (Fsp3) is 0.933. The van der Waals surface area contributed by atoms with Gasteiger partial charge in [-0.2, -0.15) is 14.8 Å². The monoisotopic (exact) mass is 331 g/mol. The summed E-state index contributed by atoms with van der Waals surface area (Å²) in [6.45, 7) is 6.10. The van der Waals surface area contributed by atoms with Crippen LogP contribution in [0.2, 0.25) is 0 Å². The van der Waals surface area contributed by atoms with Crippen molar-refractivity contribution in [2.24, 2.45) is 5.73 Å². The molecule has 0 atom stereocenters. The summed E-state index contributed by atoms with van der Waals surface area (Å²) in [4.78, 5) is 0. The molecule has 0 aliphatic carbocycles. The molecule has 0 heterocycles. The number of unbranched alkanes of at least 4 members (excludes halogenated alkanes) is 10. The Hall–Kier alpha value is 0.870. The second kappa shape index (κ2) is 20.9. The van der Waals surface area contributed by atoms with Crippen LogP contribution in [0, 0.1) is 6.92 Å². The molecule has 0 fully saturated rings. The topological polar surface area (TPSA) is 80.4 Å². The van der Waals surface area contributed by atoms with Crippen LogP contribution in [0.25, 0.3) is 0 Å². The molecule has 0 aromatic heterocycles. The largest absolute Gasteiger partial charge is 1.00 e. The molecule has 4 nitrogen and oxygen atoms in total. The molecule has 0 aromatic carbocycles. The molecule has 0 radical (unpaired) electrons. The van der Waals surface area contributed by atoms with Crippen molar-refractivity contribution < 1.29 is 42.5 Å². The van der Waals surface area contributed by atoms with E-state index in [9.17, 15) is 8.42 Å². The van der Waals surface area contributed by atoms with Gasteiger partial charge < -0.3 is 12.7 Å². The third kappa shape index (κ3) is 33.6. The molecule has 0 unspecified atom stereocenters. The number of rotatable bonds is 12. The van der Waals surface area contributed by atoms with E-state index in [1.54, 1.807) is 0 Å². The predicted molar refractivity (Wildman–Crippen MR) is 87.3 cm³/mol. The minimum Gasteiger partial charge on any atom is -0.343 e. The van der Waals surface area contributed by atoms with Crippen LogP contribution >= 0.6 is 0 Å². The van der Waals surface area contributed by atoms with E-state index in [-0.39, 0.29) is 41.9 Å². The number of hydrogen-bond donors (Lipinski definition) is 2. The molecule has 0 bridgehead atoms. The SMILES string of the molecule is NCCS(=O)(=O)O.[CH2-]CCCCCCCCCCCC.[Na+]. The van der Waals surface area contributed by atoms with Crippen molar-refractivity contribution in [3.05, 3.63) is 6.92 Å². The third-order valence-electron chi connectivity index (χ3n) is 2.98. The van der Waals surface area contributed by atoms with Crippen LogP contribution in [0.1, 0.15) is 77.6 Å².